The van der Waals surface area contributed by atoms with Gasteiger partial charge in [-0.05, 0) is 36.1 Å². The van der Waals surface area contributed by atoms with E-state index in [1.165, 1.54) is 17.5 Å². The predicted octanol–water partition coefficient (Wildman–Crippen LogP) is 0.955. The first-order chi connectivity index (χ1) is 8.26. The molecule has 17 heavy (non-hydrogen) atoms. The normalized spacial score (nSPS) is 31.5. The van der Waals surface area contributed by atoms with Gasteiger partial charge in [-0.2, -0.15) is 0 Å². The van der Waals surface area contributed by atoms with Crippen LogP contribution in [0.2, 0.25) is 0 Å². The zero-order chi connectivity index (χ0) is 11.8. The van der Waals surface area contributed by atoms with Gasteiger partial charge >= 0.3 is 0 Å². The van der Waals surface area contributed by atoms with E-state index in [1.54, 1.807) is 7.11 Å². The van der Waals surface area contributed by atoms with Crippen LogP contribution in [0.15, 0.2) is 18.2 Å². The Morgan fingerprint density at radius 1 is 1.24 bits per heavy atom. The maximum atomic E-state index is 11.9. The number of methoxy groups -OCH3 is 1. The highest BCUT2D eigenvalue weighted by atomic mass is 16.5. The SMILES string of the molecule is COc1ccc2c(c1)CC1CCC(C2)[NH+]([O-])C1. The molecule has 3 atom stereocenters. The summed E-state index contributed by atoms with van der Waals surface area (Å²) in [6.07, 6.45) is 4.29. The molecule has 4 rings (SSSR count). The lowest BCUT2D eigenvalue weighted by atomic mass is 9.81. The first-order valence-corrected chi connectivity index (χ1v) is 6.45. The number of hydrogen-bond acceptors (Lipinski definition) is 2. The van der Waals surface area contributed by atoms with Crippen molar-refractivity contribution in [1.82, 2.24) is 0 Å². The molecular weight excluding hydrogens is 214 g/mol. The fourth-order valence-electron chi connectivity index (χ4n) is 3.24. The molecule has 2 heterocycles. The van der Waals surface area contributed by atoms with Gasteiger partial charge in [0.05, 0.1) is 19.7 Å². The van der Waals surface area contributed by atoms with E-state index in [0.717, 1.165) is 31.6 Å². The van der Waals surface area contributed by atoms with Crippen LogP contribution >= 0.6 is 0 Å². The highest BCUT2D eigenvalue weighted by Gasteiger charge is 2.31. The summed E-state index contributed by atoms with van der Waals surface area (Å²) in [5.41, 5.74) is 2.75. The van der Waals surface area contributed by atoms with E-state index in [9.17, 15) is 5.21 Å². The van der Waals surface area contributed by atoms with Crippen LogP contribution in [0.25, 0.3) is 0 Å². The minimum Gasteiger partial charge on any atom is -0.634 e. The van der Waals surface area contributed by atoms with Gasteiger partial charge in [-0.25, -0.2) is 0 Å². The summed E-state index contributed by atoms with van der Waals surface area (Å²) in [4.78, 5) is 0. The Morgan fingerprint density at radius 2 is 2.12 bits per heavy atom. The molecule has 3 nitrogen and oxygen atoms in total. The van der Waals surface area contributed by atoms with Crippen molar-refractivity contribution < 1.29 is 9.80 Å². The molecule has 0 radical (unpaired) electrons. The zero-order valence-electron chi connectivity index (χ0n) is 10.2. The van der Waals surface area contributed by atoms with Gasteiger partial charge in [0, 0.05) is 18.8 Å². The molecule has 3 unspecified atom stereocenters. The third kappa shape index (κ3) is 2.05. The van der Waals surface area contributed by atoms with Gasteiger partial charge in [0.1, 0.15) is 5.75 Å². The fourth-order valence-corrected chi connectivity index (χ4v) is 3.24. The molecule has 1 N–H and O–H groups in total. The second-order valence-corrected chi connectivity index (χ2v) is 5.35. The van der Waals surface area contributed by atoms with Gasteiger partial charge in [-0.15, -0.1) is 0 Å². The van der Waals surface area contributed by atoms with Crippen molar-refractivity contribution in [2.75, 3.05) is 13.7 Å². The molecule has 92 valence electrons. The van der Waals surface area contributed by atoms with Gasteiger partial charge in [-0.1, -0.05) is 6.07 Å². The minimum atomic E-state index is 0.277. The van der Waals surface area contributed by atoms with E-state index < -0.39 is 0 Å². The standard InChI is InChI=1S/C14H19NO2/c1-17-14-5-3-11-7-13-4-2-10(9-15(13)16)6-12(11)8-14/h3,5,8,10,13,15H,2,4,6-7,9H2,1H3. The van der Waals surface area contributed by atoms with Crippen molar-refractivity contribution in [1.29, 1.82) is 0 Å². The number of rotatable bonds is 1. The van der Waals surface area contributed by atoms with E-state index in [1.807, 2.05) is 6.07 Å². The van der Waals surface area contributed by atoms with Crippen LogP contribution in [-0.2, 0) is 12.8 Å². The Kier molecular flexibility index (Phi) is 2.81. The van der Waals surface area contributed by atoms with Crippen LogP contribution in [0.4, 0.5) is 0 Å². The lowest BCUT2D eigenvalue weighted by Gasteiger charge is -2.41. The summed E-state index contributed by atoms with van der Waals surface area (Å²) in [6, 6.07) is 6.58. The molecule has 1 fully saturated rings. The van der Waals surface area contributed by atoms with Gasteiger partial charge in [0.2, 0.25) is 0 Å². The molecule has 3 heteroatoms. The highest BCUT2D eigenvalue weighted by Crippen LogP contribution is 2.28. The average Bonchev–Trinajstić information content (AvgIpc) is 2.30. The largest absolute Gasteiger partial charge is 0.634 e. The second-order valence-electron chi connectivity index (χ2n) is 5.35. The number of benzene rings is 1. The molecule has 0 aromatic heterocycles. The molecular formula is C14H19NO2. The third-order valence-electron chi connectivity index (χ3n) is 4.26. The quantitative estimate of drug-likeness (QED) is 0.733. The van der Waals surface area contributed by atoms with E-state index in [4.69, 9.17) is 4.74 Å². The van der Waals surface area contributed by atoms with Gasteiger partial charge in [-0.3, -0.25) is 0 Å². The first-order valence-electron chi connectivity index (χ1n) is 6.45. The fraction of sp³-hybridized carbons (Fsp3) is 0.571. The van der Waals surface area contributed by atoms with Crippen molar-refractivity contribution in [3.05, 3.63) is 34.5 Å². The number of ether oxygens (including phenoxy) is 1. The van der Waals surface area contributed by atoms with E-state index in [2.05, 4.69) is 12.1 Å². The van der Waals surface area contributed by atoms with Crippen molar-refractivity contribution in [3.8, 4) is 5.75 Å². The van der Waals surface area contributed by atoms with E-state index in [0.29, 0.717) is 11.0 Å². The average molecular weight is 233 g/mol. The monoisotopic (exact) mass is 233 g/mol. The molecule has 0 spiro atoms. The summed E-state index contributed by atoms with van der Waals surface area (Å²) in [5, 5.41) is 12.4. The van der Waals surface area contributed by atoms with Crippen LogP contribution in [0.5, 0.6) is 5.75 Å². The molecule has 1 aromatic carbocycles. The lowest BCUT2D eigenvalue weighted by Crippen LogP contribution is -3.13. The Bertz CT molecular complexity index is 419. The summed E-state index contributed by atoms with van der Waals surface area (Å²) >= 11 is 0. The maximum Gasteiger partial charge on any atom is 0.119 e. The predicted molar refractivity (Wildman–Crippen MR) is 66.1 cm³/mol. The van der Waals surface area contributed by atoms with Gasteiger partial charge < -0.3 is 15.0 Å². The number of hydroxylamine groups is 2. The number of fused-ring (bicyclic) bond motifs is 2. The highest BCUT2D eigenvalue weighted by molar-refractivity contribution is 5.37. The van der Waals surface area contributed by atoms with E-state index >= 15 is 0 Å². The molecule has 0 amide bonds. The lowest BCUT2D eigenvalue weighted by molar-refractivity contribution is -0.885. The van der Waals surface area contributed by atoms with Crippen molar-refractivity contribution in [3.63, 3.8) is 0 Å². The maximum absolute atomic E-state index is 11.9. The van der Waals surface area contributed by atoms with Gasteiger partial charge in [0.25, 0.3) is 0 Å². The summed E-state index contributed by atoms with van der Waals surface area (Å²) in [6.45, 7) is 0.793. The van der Waals surface area contributed by atoms with Crippen LogP contribution < -0.4 is 9.80 Å². The number of quaternary nitrogens is 1. The molecule has 3 aliphatic rings. The molecule has 2 aliphatic heterocycles. The Balaban J connectivity index is 1.96. The number of nitrogens with one attached hydrogen (secondary N) is 1. The van der Waals surface area contributed by atoms with E-state index in [-0.39, 0.29) is 6.04 Å². The molecule has 1 aliphatic carbocycles. The Hall–Kier alpha value is -1.06. The van der Waals surface area contributed by atoms with Crippen molar-refractivity contribution in [2.24, 2.45) is 5.92 Å². The topological polar surface area (TPSA) is 36.7 Å². The smallest absolute Gasteiger partial charge is 0.119 e. The minimum absolute atomic E-state index is 0.277. The number of piperidine rings is 1. The number of hydrogen-bond donors (Lipinski definition) is 1. The second kappa shape index (κ2) is 4.31. The van der Waals surface area contributed by atoms with Crippen molar-refractivity contribution >= 4 is 0 Å². The molecule has 1 aromatic rings. The van der Waals surface area contributed by atoms with Crippen molar-refractivity contribution in [2.45, 2.75) is 31.7 Å². The summed E-state index contributed by atoms with van der Waals surface area (Å²) < 4.78 is 5.29. The summed E-state index contributed by atoms with van der Waals surface area (Å²) in [5.74, 6) is 1.50. The Labute approximate surface area is 102 Å². The van der Waals surface area contributed by atoms with Gasteiger partial charge in [0.15, 0.2) is 0 Å². The first kappa shape index (κ1) is 11.1. The van der Waals surface area contributed by atoms with Crippen LogP contribution in [-0.4, -0.2) is 19.7 Å². The summed E-state index contributed by atoms with van der Waals surface area (Å²) in [7, 11) is 1.71. The molecule has 2 bridgehead atoms. The van der Waals surface area contributed by atoms with Crippen LogP contribution in [0, 0.1) is 11.1 Å². The third-order valence-corrected chi connectivity index (χ3v) is 4.26. The molecule has 0 saturated carbocycles. The van der Waals surface area contributed by atoms with Crippen LogP contribution in [0.3, 0.4) is 0 Å². The zero-order valence-corrected chi connectivity index (χ0v) is 10.2. The Morgan fingerprint density at radius 3 is 2.88 bits per heavy atom. The molecule has 1 saturated heterocycles. The van der Waals surface area contributed by atoms with Crippen LogP contribution in [0.1, 0.15) is 24.0 Å².